The highest BCUT2D eigenvalue weighted by Crippen LogP contribution is 2.14. The van der Waals surface area contributed by atoms with Gasteiger partial charge < -0.3 is 10.2 Å². The normalized spacial score (nSPS) is 18.1. The van der Waals surface area contributed by atoms with E-state index in [0.717, 1.165) is 10.5 Å². The maximum absolute atomic E-state index is 12.6. The van der Waals surface area contributed by atoms with Crippen molar-refractivity contribution >= 4 is 11.8 Å². The molecule has 2 rings (SSSR count). The zero-order valence-corrected chi connectivity index (χ0v) is 10.9. The van der Waals surface area contributed by atoms with E-state index in [1.807, 2.05) is 6.07 Å². The fourth-order valence-corrected chi connectivity index (χ4v) is 2.22. The van der Waals surface area contributed by atoms with E-state index in [1.165, 1.54) is 0 Å². The van der Waals surface area contributed by atoms with Crippen LogP contribution in [-0.4, -0.2) is 35.7 Å². The van der Waals surface area contributed by atoms with E-state index < -0.39 is 24.9 Å². The predicted octanol–water partition coefficient (Wildman–Crippen LogP) is 1.56. The maximum Gasteiger partial charge on any atom is 0.255 e. The van der Waals surface area contributed by atoms with Crippen molar-refractivity contribution in [2.24, 2.45) is 0 Å². The average Bonchev–Trinajstić information content (AvgIpc) is 2.84. The average molecular weight is 282 g/mol. The molecule has 0 spiro atoms. The van der Waals surface area contributed by atoms with Gasteiger partial charge in [-0.3, -0.25) is 9.59 Å². The van der Waals surface area contributed by atoms with Crippen LogP contribution in [0.2, 0.25) is 0 Å². The molecule has 1 fully saturated rings. The number of nitrogens with one attached hydrogen (secondary N) is 1. The molecule has 0 radical (unpaired) electrons. The number of alkyl halides is 2. The van der Waals surface area contributed by atoms with E-state index in [0.29, 0.717) is 6.42 Å². The molecule has 0 aliphatic carbocycles. The number of hydrogen-bond donors (Lipinski definition) is 1. The molecule has 1 saturated heterocycles. The summed E-state index contributed by atoms with van der Waals surface area (Å²) in [7, 11) is 0. The topological polar surface area (TPSA) is 49.4 Å². The van der Waals surface area contributed by atoms with E-state index in [2.05, 4.69) is 5.32 Å². The lowest BCUT2D eigenvalue weighted by Gasteiger charge is -2.25. The summed E-state index contributed by atoms with van der Waals surface area (Å²) in [5, 5.41) is 2.52. The third kappa shape index (κ3) is 3.76. The molecular weight excluding hydrogens is 266 g/mol. The molecule has 2 amide bonds. The van der Waals surface area contributed by atoms with Gasteiger partial charge in [0.15, 0.2) is 0 Å². The summed E-state index contributed by atoms with van der Waals surface area (Å²) in [6.07, 6.45) is -1.96. The lowest BCUT2D eigenvalue weighted by atomic mass is 10.1. The molecule has 0 bridgehead atoms. The minimum absolute atomic E-state index is 0.121. The molecule has 0 aromatic heterocycles. The first-order chi connectivity index (χ1) is 9.56. The molecule has 20 heavy (non-hydrogen) atoms. The highest BCUT2D eigenvalue weighted by atomic mass is 19.3. The van der Waals surface area contributed by atoms with E-state index in [1.54, 1.807) is 24.3 Å². The van der Waals surface area contributed by atoms with Crippen molar-refractivity contribution in [3.8, 4) is 0 Å². The van der Waals surface area contributed by atoms with E-state index in [-0.39, 0.29) is 18.9 Å². The molecule has 0 saturated carbocycles. The van der Waals surface area contributed by atoms with E-state index in [9.17, 15) is 18.4 Å². The van der Waals surface area contributed by atoms with E-state index in [4.69, 9.17) is 0 Å². The Kier molecular flexibility index (Phi) is 4.65. The second kappa shape index (κ2) is 6.45. The third-order valence-corrected chi connectivity index (χ3v) is 3.18. The summed E-state index contributed by atoms with van der Waals surface area (Å²) in [5.74, 6) is -0.653. The van der Waals surface area contributed by atoms with Crippen molar-refractivity contribution < 1.29 is 18.4 Å². The number of rotatable bonds is 5. The summed E-state index contributed by atoms with van der Waals surface area (Å²) < 4.78 is 25.3. The number of carbonyl (C=O) groups excluding carboxylic acids is 2. The Hall–Kier alpha value is -1.98. The molecule has 1 heterocycles. The van der Waals surface area contributed by atoms with Gasteiger partial charge >= 0.3 is 0 Å². The van der Waals surface area contributed by atoms with E-state index >= 15 is 0 Å². The maximum atomic E-state index is 12.6. The lowest BCUT2D eigenvalue weighted by Crippen LogP contribution is -2.45. The van der Waals surface area contributed by atoms with Crippen LogP contribution in [0.1, 0.15) is 18.4 Å². The van der Waals surface area contributed by atoms with Crippen molar-refractivity contribution in [1.82, 2.24) is 10.2 Å². The smallest absolute Gasteiger partial charge is 0.255 e. The first kappa shape index (κ1) is 14.4. The van der Waals surface area contributed by atoms with Crippen molar-refractivity contribution in [2.75, 3.05) is 6.54 Å². The Morgan fingerprint density at radius 1 is 1.35 bits per heavy atom. The Bertz CT molecular complexity index is 479. The summed E-state index contributed by atoms with van der Waals surface area (Å²) >= 11 is 0. The fraction of sp³-hybridized carbons (Fsp3) is 0.429. The molecular formula is C14H16F2N2O2. The van der Waals surface area contributed by atoms with Crippen LogP contribution in [0.25, 0.3) is 0 Å². The number of hydrogen-bond acceptors (Lipinski definition) is 2. The minimum Gasteiger partial charge on any atom is -0.344 e. The molecule has 6 heteroatoms. The lowest BCUT2D eigenvalue weighted by molar-refractivity contribution is -0.136. The predicted molar refractivity (Wildman–Crippen MR) is 69.0 cm³/mol. The summed E-state index contributed by atoms with van der Waals surface area (Å²) in [6.45, 7) is -0.503. The molecule has 4 nitrogen and oxygen atoms in total. The first-order valence-electron chi connectivity index (χ1n) is 6.46. The molecule has 1 aromatic rings. The Balaban J connectivity index is 2.06. The number of carbonyl (C=O) groups is 2. The van der Waals surface area contributed by atoms with Crippen LogP contribution in [0, 0.1) is 0 Å². The summed E-state index contributed by atoms with van der Waals surface area (Å²) in [4.78, 5) is 24.4. The van der Waals surface area contributed by atoms with Crippen LogP contribution in [0.4, 0.5) is 8.78 Å². The highest BCUT2D eigenvalue weighted by Gasteiger charge is 2.31. The molecule has 0 unspecified atom stereocenters. The van der Waals surface area contributed by atoms with Crippen LogP contribution < -0.4 is 5.32 Å². The van der Waals surface area contributed by atoms with Gasteiger partial charge in [-0.1, -0.05) is 30.3 Å². The number of nitrogens with zero attached hydrogens (tertiary/aromatic N) is 1. The molecule has 108 valence electrons. The van der Waals surface area contributed by atoms with Crippen molar-refractivity contribution in [1.29, 1.82) is 0 Å². The SMILES string of the molecule is O=C1CC[C@@H](C(=O)N(Cc2ccccc2)CC(F)F)N1. The summed E-state index contributed by atoms with van der Waals surface area (Å²) in [6, 6.07) is 8.28. The molecule has 1 aliphatic heterocycles. The zero-order chi connectivity index (χ0) is 14.5. The van der Waals surface area contributed by atoms with Crippen LogP contribution in [0.5, 0.6) is 0 Å². The van der Waals surface area contributed by atoms with Crippen LogP contribution in [0.3, 0.4) is 0 Å². The van der Waals surface area contributed by atoms with Gasteiger partial charge in [0.25, 0.3) is 6.43 Å². The van der Waals surface area contributed by atoms with Gasteiger partial charge in [-0.25, -0.2) is 8.78 Å². The molecule has 1 atom stereocenters. The third-order valence-electron chi connectivity index (χ3n) is 3.18. The van der Waals surface area contributed by atoms with Crippen LogP contribution >= 0.6 is 0 Å². The largest absolute Gasteiger partial charge is 0.344 e. The van der Waals surface area contributed by atoms with Crippen molar-refractivity contribution in [3.63, 3.8) is 0 Å². The second-order valence-corrected chi connectivity index (χ2v) is 4.75. The molecule has 1 aliphatic rings. The second-order valence-electron chi connectivity index (χ2n) is 4.75. The first-order valence-corrected chi connectivity index (χ1v) is 6.46. The monoisotopic (exact) mass is 282 g/mol. The molecule has 1 aromatic carbocycles. The van der Waals surface area contributed by atoms with Crippen LogP contribution in [-0.2, 0) is 16.1 Å². The standard InChI is InChI=1S/C14H16F2N2O2/c15-12(16)9-18(8-10-4-2-1-3-5-10)14(20)11-6-7-13(19)17-11/h1-5,11-12H,6-9H2,(H,17,19)/t11-/m0/s1. The van der Waals surface area contributed by atoms with Gasteiger partial charge in [-0.15, -0.1) is 0 Å². The zero-order valence-electron chi connectivity index (χ0n) is 10.9. The summed E-state index contributed by atoms with van der Waals surface area (Å²) in [5.41, 5.74) is 0.783. The van der Waals surface area contributed by atoms with Crippen molar-refractivity contribution in [3.05, 3.63) is 35.9 Å². The van der Waals surface area contributed by atoms with Crippen LogP contribution in [0.15, 0.2) is 30.3 Å². The number of amides is 2. The van der Waals surface area contributed by atoms with Crippen molar-refractivity contribution in [2.45, 2.75) is 31.9 Å². The Labute approximate surface area is 115 Å². The Morgan fingerprint density at radius 3 is 2.60 bits per heavy atom. The Morgan fingerprint density at radius 2 is 2.05 bits per heavy atom. The quantitative estimate of drug-likeness (QED) is 0.891. The van der Waals surface area contributed by atoms with Gasteiger partial charge in [0.2, 0.25) is 11.8 Å². The van der Waals surface area contributed by atoms with Gasteiger partial charge in [0, 0.05) is 13.0 Å². The van der Waals surface area contributed by atoms with Gasteiger partial charge in [0.1, 0.15) is 6.04 Å². The number of halogens is 2. The highest BCUT2D eigenvalue weighted by molar-refractivity contribution is 5.90. The van der Waals surface area contributed by atoms with Gasteiger partial charge in [-0.05, 0) is 12.0 Å². The van der Waals surface area contributed by atoms with Gasteiger partial charge in [0.05, 0.1) is 6.54 Å². The minimum atomic E-state index is -2.60. The number of benzene rings is 1. The molecule has 1 N–H and O–H groups in total. The fourth-order valence-electron chi connectivity index (χ4n) is 2.22. The van der Waals surface area contributed by atoms with Gasteiger partial charge in [-0.2, -0.15) is 0 Å².